The van der Waals surface area contributed by atoms with Gasteiger partial charge in [0, 0.05) is 28.4 Å². The summed E-state index contributed by atoms with van der Waals surface area (Å²) >= 11 is 0. The fourth-order valence-corrected chi connectivity index (χ4v) is 2.98. The zero-order valence-electron chi connectivity index (χ0n) is 13.0. The molecule has 1 N–H and O–H groups in total. The zero-order valence-corrected chi connectivity index (χ0v) is 13.0. The van der Waals surface area contributed by atoms with Crippen molar-refractivity contribution in [3.63, 3.8) is 0 Å². The molecule has 0 unspecified atom stereocenters. The molecule has 2 aromatic carbocycles. The number of aryl methyl sites for hydroxylation is 2. The molecule has 0 aliphatic rings. The average Bonchev–Trinajstić information content (AvgIpc) is 2.85. The highest BCUT2D eigenvalue weighted by Crippen LogP contribution is 2.33. The van der Waals surface area contributed by atoms with Crippen LogP contribution in [0.3, 0.4) is 0 Å². The summed E-state index contributed by atoms with van der Waals surface area (Å²) in [5, 5.41) is 2.64. The predicted molar refractivity (Wildman–Crippen MR) is 87.3 cm³/mol. The summed E-state index contributed by atoms with van der Waals surface area (Å²) in [6, 6.07) is 8.34. The van der Waals surface area contributed by atoms with E-state index in [1.807, 2.05) is 26.0 Å². The van der Waals surface area contributed by atoms with E-state index in [0.29, 0.717) is 5.52 Å². The number of H-pyrrole nitrogens is 1. The largest absolute Gasteiger partial charge is 0.573 e. The Labute approximate surface area is 135 Å². The van der Waals surface area contributed by atoms with Crippen molar-refractivity contribution in [3.05, 3.63) is 47.7 Å². The van der Waals surface area contributed by atoms with Crippen LogP contribution in [0.4, 0.5) is 13.2 Å². The number of ether oxygens (including phenoxy) is 1. The third-order valence-electron chi connectivity index (χ3n) is 4.26. The van der Waals surface area contributed by atoms with Gasteiger partial charge in [0.25, 0.3) is 0 Å². The second kappa shape index (κ2) is 4.87. The first-order chi connectivity index (χ1) is 11.3. The zero-order chi connectivity index (χ0) is 17.1. The van der Waals surface area contributed by atoms with Crippen molar-refractivity contribution in [1.29, 1.82) is 0 Å². The van der Waals surface area contributed by atoms with Gasteiger partial charge in [0.05, 0.1) is 16.6 Å². The number of benzene rings is 2. The van der Waals surface area contributed by atoms with Gasteiger partial charge in [-0.3, -0.25) is 4.98 Å². The number of hydrogen-bond donors (Lipinski definition) is 1. The van der Waals surface area contributed by atoms with E-state index in [-0.39, 0.29) is 5.75 Å². The normalized spacial score (nSPS) is 12.4. The van der Waals surface area contributed by atoms with Crippen LogP contribution < -0.4 is 4.74 Å². The van der Waals surface area contributed by atoms with Gasteiger partial charge in [-0.1, -0.05) is 0 Å². The van der Waals surface area contributed by atoms with Crippen LogP contribution in [0.5, 0.6) is 5.75 Å². The number of nitrogens with one attached hydrogen (secondary N) is 1. The van der Waals surface area contributed by atoms with Crippen LogP contribution in [0.1, 0.15) is 11.1 Å². The molecule has 0 spiro atoms. The summed E-state index contributed by atoms with van der Waals surface area (Å²) in [5.74, 6) is -0.245. The number of halogens is 3. The van der Waals surface area contributed by atoms with Crippen LogP contribution in [0.15, 0.2) is 36.5 Å². The first-order valence-electron chi connectivity index (χ1n) is 7.39. The van der Waals surface area contributed by atoms with Gasteiger partial charge in [0.2, 0.25) is 0 Å². The molecule has 0 saturated carbocycles. The highest BCUT2D eigenvalue weighted by molar-refractivity contribution is 6.16. The van der Waals surface area contributed by atoms with Crippen molar-refractivity contribution in [1.82, 2.24) is 9.97 Å². The number of aromatic nitrogens is 2. The number of fused-ring (bicyclic) bond motifs is 5. The Morgan fingerprint density at radius 3 is 2.46 bits per heavy atom. The number of hydrogen-bond acceptors (Lipinski definition) is 2. The quantitative estimate of drug-likeness (QED) is 0.508. The smallest absolute Gasteiger partial charge is 0.406 e. The molecule has 2 aromatic heterocycles. The Balaban J connectivity index is 1.99. The maximum atomic E-state index is 12.4. The average molecular weight is 330 g/mol. The first kappa shape index (κ1) is 14.8. The lowest BCUT2D eigenvalue weighted by Crippen LogP contribution is -2.16. The van der Waals surface area contributed by atoms with E-state index in [9.17, 15) is 13.2 Å². The molecule has 6 heteroatoms. The van der Waals surface area contributed by atoms with Crippen molar-refractivity contribution in [3.8, 4) is 5.75 Å². The van der Waals surface area contributed by atoms with Crippen molar-refractivity contribution in [2.45, 2.75) is 20.2 Å². The number of rotatable bonds is 1. The molecule has 0 fully saturated rings. The molecule has 122 valence electrons. The Kier molecular flexibility index (Phi) is 3.00. The lowest BCUT2D eigenvalue weighted by atomic mass is 10.0. The lowest BCUT2D eigenvalue weighted by Gasteiger charge is -2.08. The second-order valence-electron chi connectivity index (χ2n) is 5.88. The highest BCUT2D eigenvalue weighted by atomic mass is 19.4. The van der Waals surface area contributed by atoms with Gasteiger partial charge in [0.1, 0.15) is 5.75 Å². The van der Waals surface area contributed by atoms with Gasteiger partial charge in [-0.25, -0.2) is 0 Å². The lowest BCUT2D eigenvalue weighted by molar-refractivity contribution is -0.274. The van der Waals surface area contributed by atoms with Crippen molar-refractivity contribution in [2.75, 3.05) is 0 Å². The minimum Gasteiger partial charge on any atom is -0.406 e. The minimum absolute atomic E-state index is 0.245. The summed E-state index contributed by atoms with van der Waals surface area (Å²) in [5.41, 5.74) is 4.58. The van der Waals surface area contributed by atoms with E-state index in [0.717, 1.165) is 38.3 Å². The van der Waals surface area contributed by atoms with Gasteiger partial charge in [0.15, 0.2) is 0 Å². The van der Waals surface area contributed by atoms with Gasteiger partial charge in [-0.05, 0) is 49.2 Å². The molecule has 3 nitrogen and oxygen atoms in total. The monoisotopic (exact) mass is 330 g/mol. The molecule has 0 atom stereocenters. The second-order valence-corrected chi connectivity index (χ2v) is 5.88. The van der Waals surface area contributed by atoms with Crippen LogP contribution >= 0.6 is 0 Å². The van der Waals surface area contributed by atoms with Gasteiger partial charge >= 0.3 is 6.36 Å². The van der Waals surface area contributed by atoms with Crippen LogP contribution in [-0.4, -0.2) is 16.3 Å². The molecule has 2 heterocycles. The molecule has 0 aliphatic heterocycles. The van der Waals surface area contributed by atoms with Gasteiger partial charge in [-0.15, -0.1) is 13.2 Å². The molecular weight excluding hydrogens is 317 g/mol. The predicted octanol–water partition coefficient (Wildman–Crippen LogP) is 5.38. The van der Waals surface area contributed by atoms with E-state index in [4.69, 9.17) is 0 Å². The highest BCUT2D eigenvalue weighted by Gasteiger charge is 2.31. The number of alkyl halides is 3. The molecule has 0 amide bonds. The molecule has 24 heavy (non-hydrogen) atoms. The summed E-state index contributed by atoms with van der Waals surface area (Å²) in [6.45, 7) is 4.04. The summed E-state index contributed by atoms with van der Waals surface area (Å²) in [7, 11) is 0. The van der Waals surface area contributed by atoms with E-state index in [2.05, 4.69) is 14.7 Å². The number of pyridine rings is 1. The van der Waals surface area contributed by atoms with E-state index in [1.165, 1.54) is 12.1 Å². The molecule has 0 bridgehead atoms. The third kappa shape index (κ3) is 2.35. The number of nitrogens with zero attached hydrogens (tertiary/aromatic N) is 1. The van der Waals surface area contributed by atoms with Crippen molar-refractivity contribution in [2.24, 2.45) is 0 Å². The Bertz CT molecular complexity index is 1100. The van der Waals surface area contributed by atoms with Crippen molar-refractivity contribution < 1.29 is 17.9 Å². The minimum atomic E-state index is -4.71. The van der Waals surface area contributed by atoms with Gasteiger partial charge in [-0.2, -0.15) is 0 Å². The molecule has 4 rings (SSSR count). The molecule has 0 radical (unpaired) electrons. The molecular formula is C18H13F3N2O. The molecule has 4 aromatic rings. The topological polar surface area (TPSA) is 37.9 Å². The van der Waals surface area contributed by atoms with E-state index in [1.54, 1.807) is 12.3 Å². The fourth-order valence-electron chi connectivity index (χ4n) is 2.98. The Morgan fingerprint density at radius 1 is 0.958 bits per heavy atom. The summed E-state index contributed by atoms with van der Waals surface area (Å²) in [6.07, 6.45) is -2.96. The van der Waals surface area contributed by atoms with E-state index >= 15 is 0 Å². The number of aromatic amines is 1. The van der Waals surface area contributed by atoms with Crippen LogP contribution in [-0.2, 0) is 0 Å². The van der Waals surface area contributed by atoms with Crippen LogP contribution in [0, 0.1) is 13.8 Å². The summed E-state index contributed by atoms with van der Waals surface area (Å²) in [4.78, 5) is 7.69. The maximum absolute atomic E-state index is 12.4. The fraction of sp³-hybridized carbons (Fsp3) is 0.167. The van der Waals surface area contributed by atoms with Crippen LogP contribution in [0.25, 0.3) is 32.7 Å². The SMILES string of the molecule is Cc1cc2ncc3c4ccc(OC(F)(F)F)cc4[nH]c3c2cc1C. The van der Waals surface area contributed by atoms with Gasteiger partial charge < -0.3 is 9.72 Å². The maximum Gasteiger partial charge on any atom is 0.573 e. The Hall–Kier alpha value is -2.76. The molecule has 0 aliphatic carbocycles. The Morgan fingerprint density at radius 2 is 1.71 bits per heavy atom. The third-order valence-corrected chi connectivity index (χ3v) is 4.26. The molecule has 0 saturated heterocycles. The first-order valence-corrected chi connectivity index (χ1v) is 7.39. The van der Waals surface area contributed by atoms with Crippen molar-refractivity contribution >= 4 is 32.7 Å². The van der Waals surface area contributed by atoms with E-state index < -0.39 is 6.36 Å². The summed E-state index contributed by atoms with van der Waals surface area (Å²) < 4.78 is 41.2. The van der Waals surface area contributed by atoms with Crippen LogP contribution in [0.2, 0.25) is 0 Å². The standard InChI is InChI=1S/C18H13F3N2O/c1-9-5-13-15(6-10(9)2)22-8-14-12-4-3-11(24-18(19,20)21)7-16(12)23-17(13)14/h3-8,23H,1-2H3.